The van der Waals surface area contributed by atoms with E-state index in [-0.39, 0.29) is 17.7 Å². The molecule has 0 aromatic carbocycles. The van der Waals surface area contributed by atoms with E-state index in [2.05, 4.69) is 9.97 Å². The summed E-state index contributed by atoms with van der Waals surface area (Å²) in [5, 5.41) is 2.82. The van der Waals surface area contributed by atoms with Crippen LogP contribution in [0.3, 0.4) is 0 Å². The second kappa shape index (κ2) is 5.20. The van der Waals surface area contributed by atoms with Gasteiger partial charge in [0.1, 0.15) is 11.6 Å². The predicted octanol–water partition coefficient (Wildman–Crippen LogP) is 2.37. The summed E-state index contributed by atoms with van der Waals surface area (Å²) in [6.45, 7) is 1.88. The number of H-pyrrole nitrogens is 1. The molecule has 1 saturated carbocycles. The van der Waals surface area contributed by atoms with Crippen LogP contribution in [-0.2, 0) is 11.3 Å². The van der Waals surface area contributed by atoms with E-state index in [1.54, 1.807) is 13.0 Å². The van der Waals surface area contributed by atoms with Crippen LogP contribution in [0.25, 0.3) is 0 Å². The minimum Gasteiger partial charge on any atom is -0.455 e. The van der Waals surface area contributed by atoms with E-state index in [0.29, 0.717) is 11.6 Å². The lowest BCUT2D eigenvalue weighted by atomic mass is 10.2. The maximum atomic E-state index is 11.9. The molecule has 104 valence electrons. The Morgan fingerprint density at radius 3 is 3.00 bits per heavy atom. The molecule has 0 aliphatic heterocycles. The van der Waals surface area contributed by atoms with E-state index in [1.807, 2.05) is 5.38 Å². The van der Waals surface area contributed by atoms with Gasteiger partial charge in [0.05, 0.1) is 11.3 Å². The van der Waals surface area contributed by atoms with E-state index in [1.165, 1.54) is 30.2 Å². The molecule has 1 fully saturated rings. The van der Waals surface area contributed by atoms with Gasteiger partial charge in [-0.1, -0.05) is 0 Å². The Morgan fingerprint density at radius 1 is 1.50 bits per heavy atom. The van der Waals surface area contributed by atoms with Crippen LogP contribution in [0, 0.1) is 6.92 Å². The molecule has 2 aromatic rings. The average Bonchev–Trinajstić information content (AvgIpc) is 3.14. The molecule has 1 aliphatic carbocycles. The summed E-state index contributed by atoms with van der Waals surface area (Å²) in [5.74, 6) is 0.105. The first-order valence-corrected chi connectivity index (χ1v) is 7.32. The highest BCUT2D eigenvalue weighted by molar-refractivity contribution is 7.09. The molecule has 3 rings (SSSR count). The first kappa shape index (κ1) is 13.1. The topological polar surface area (TPSA) is 72.0 Å². The number of thiazole rings is 1. The minimum absolute atomic E-state index is 0.155. The Hall–Kier alpha value is -1.95. The second-order valence-corrected chi connectivity index (χ2v) is 5.88. The Balaban J connectivity index is 1.64. The third-order valence-electron chi connectivity index (χ3n) is 3.11. The van der Waals surface area contributed by atoms with Crippen molar-refractivity contribution in [3.05, 3.63) is 49.8 Å². The summed E-state index contributed by atoms with van der Waals surface area (Å²) < 4.78 is 5.19. The quantitative estimate of drug-likeness (QED) is 0.877. The second-order valence-electron chi connectivity index (χ2n) is 4.93. The maximum absolute atomic E-state index is 11.9. The summed E-state index contributed by atoms with van der Waals surface area (Å²) in [5.41, 5.74) is 1.70. The van der Waals surface area contributed by atoms with Gasteiger partial charge in [0.25, 0.3) is 0 Å². The molecule has 2 aromatic heterocycles. The van der Waals surface area contributed by atoms with Gasteiger partial charge in [-0.2, -0.15) is 0 Å². The lowest BCUT2D eigenvalue weighted by molar-refractivity contribution is 0.0472. The van der Waals surface area contributed by atoms with Crippen LogP contribution in [-0.4, -0.2) is 15.9 Å². The fourth-order valence-electron chi connectivity index (χ4n) is 1.97. The van der Waals surface area contributed by atoms with E-state index < -0.39 is 5.97 Å². The van der Waals surface area contributed by atoms with Gasteiger partial charge in [0.2, 0.25) is 5.56 Å². The Morgan fingerprint density at radius 2 is 2.30 bits per heavy atom. The summed E-state index contributed by atoms with van der Waals surface area (Å²) in [6, 6.07) is 2.84. The maximum Gasteiger partial charge on any atom is 0.338 e. The molecule has 1 aliphatic rings. The van der Waals surface area contributed by atoms with E-state index in [9.17, 15) is 9.59 Å². The van der Waals surface area contributed by atoms with Crippen molar-refractivity contribution in [1.82, 2.24) is 9.97 Å². The van der Waals surface area contributed by atoms with Gasteiger partial charge in [-0.3, -0.25) is 4.79 Å². The molecule has 5 nitrogen and oxygen atoms in total. The van der Waals surface area contributed by atoms with Crippen molar-refractivity contribution in [3.63, 3.8) is 0 Å². The molecular weight excluding hydrogens is 276 g/mol. The Labute approximate surface area is 119 Å². The SMILES string of the molecule is Cc1cc(C(=O)OCc2nc(C3CC3)cs2)cc(=O)[nH]1. The zero-order valence-corrected chi connectivity index (χ0v) is 11.8. The first-order chi connectivity index (χ1) is 9.61. The zero-order chi connectivity index (χ0) is 14.1. The fourth-order valence-corrected chi connectivity index (χ4v) is 2.76. The van der Waals surface area contributed by atoms with Crippen LogP contribution in [0.15, 0.2) is 22.3 Å². The van der Waals surface area contributed by atoms with Gasteiger partial charge in [-0.05, 0) is 25.8 Å². The van der Waals surface area contributed by atoms with Crippen LogP contribution in [0.2, 0.25) is 0 Å². The normalized spacial score (nSPS) is 14.2. The van der Waals surface area contributed by atoms with Gasteiger partial charge in [-0.15, -0.1) is 11.3 Å². The van der Waals surface area contributed by atoms with Crippen molar-refractivity contribution in [2.24, 2.45) is 0 Å². The molecule has 0 unspecified atom stereocenters. The molecule has 2 heterocycles. The molecule has 1 N–H and O–H groups in total. The highest BCUT2D eigenvalue weighted by Crippen LogP contribution is 2.40. The lowest BCUT2D eigenvalue weighted by Crippen LogP contribution is -2.13. The molecule has 0 amide bonds. The number of aromatic nitrogens is 2. The molecule has 0 bridgehead atoms. The van der Waals surface area contributed by atoms with Gasteiger partial charge in [0.15, 0.2) is 0 Å². The molecular formula is C14H14N2O3S. The Bertz CT molecular complexity index is 700. The van der Waals surface area contributed by atoms with Crippen LogP contribution >= 0.6 is 11.3 Å². The van der Waals surface area contributed by atoms with Gasteiger partial charge < -0.3 is 9.72 Å². The van der Waals surface area contributed by atoms with Crippen molar-refractivity contribution < 1.29 is 9.53 Å². The van der Waals surface area contributed by atoms with E-state index in [4.69, 9.17) is 4.74 Å². The average molecular weight is 290 g/mol. The Kier molecular flexibility index (Phi) is 3.40. The highest BCUT2D eigenvalue weighted by atomic mass is 32.1. The predicted molar refractivity (Wildman–Crippen MR) is 75.0 cm³/mol. The number of aryl methyl sites for hydroxylation is 1. The van der Waals surface area contributed by atoms with Crippen LogP contribution in [0.5, 0.6) is 0 Å². The smallest absolute Gasteiger partial charge is 0.338 e. The largest absolute Gasteiger partial charge is 0.455 e. The number of pyridine rings is 1. The molecule has 0 radical (unpaired) electrons. The van der Waals surface area contributed by atoms with Crippen molar-refractivity contribution in [1.29, 1.82) is 0 Å². The third-order valence-corrected chi connectivity index (χ3v) is 3.95. The number of aromatic amines is 1. The minimum atomic E-state index is -0.498. The van der Waals surface area contributed by atoms with Crippen LogP contribution in [0.4, 0.5) is 0 Å². The summed E-state index contributed by atoms with van der Waals surface area (Å²) in [6.07, 6.45) is 2.41. The third kappa shape index (κ3) is 2.96. The molecule has 6 heteroatoms. The number of nitrogens with zero attached hydrogens (tertiary/aromatic N) is 1. The number of carbonyl (C=O) groups is 1. The number of hydrogen-bond donors (Lipinski definition) is 1. The highest BCUT2D eigenvalue weighted by Gasteiger charge is 2.26. The molecule has 0 spiro atoms. The number of carbonyl (C=O) groups excluding carboxylic acids is 1. The number of ether oxygens (including phenoxy) is 1. The van der Waals surface area contributed by atoms with E-state index >= 15 is 0 Å². The monoisotopic (exact) mass is 290 g/mol. The van der Waals surface area contributed by atoms with Crippen molar-refractivity contribution >= 4 is 17.3 Å². The summed E-state index contributed by atoms with van der Waals surface area (Å²) in [4.78, 5) is 30.2. The van der Waals surface area contributed by atoms with Crippen LogP contribution in [0.1, 0.15) is 45.5 Å². The van der Waals surface area contributed by atoms with Crippen molar-refractivity contribution in [3.8, 4) is 0 Å². The van der Waals surface area contributed by atoms with Gasteiger partial charge in [-0.25, -0.2) is 9.78 Å². The fraction of sp³-hybridized carbons (Fsp3) is 0.357. The van der Waals surface area contributed by atoms with E-state index in [0.717, 1.165) is 10.7 Å². The van der Waals surface area contributed by atoms with Crippen molar-refractivity contribution in [2.75, 3.05) is 0 Å². The molecule has 0 saturated heterocycles. The molecule has 20 heavy (non-hydrogen) atoms. The van der Waals surface area contributed by atoms with Gasteiger partial charge >= 0.3 is 5.97 Å². The standard InChI is InChI=1S/C14H14N2O3S/c1-8-4-10(5-12(17)15-8)14(18)19-6-13-16-11(7-20-13)9-2-3-9/h4-5,7,9H,2-3,6H2,1H3,(H,15,17). The van der Waals surface area contributed by atoms with Crippen molar-refractivity contribution in [2.45, 2.75) is 32.3 Å². The van der Waals surface area contributed by atoms with Gasteiger partial charge in [0, 0.05) is 23.1 Å². The number of nitrogens with one attached hydrogen (secondary N) is 1. The zero-order valence-electron chi connectivity index (χ0n) is 11.0. The summed E-state index contributed by atoms with van der Waals surface area (Å²) >= 11 is 1.51. The number of esters is 1. The van der Waals surface area contributed by atoms with Crippen LogP contribution < -0.4 is 5.56 Å². The lowest BCUT2D eigenvalue weighted by Gasteiger charge is -2.03. The number of rotatable bonds is 4. The summed E-state index contributed by atoms with van der Waals surface area (Å²) in [7, 11) is 0. The first-order valence-electron chi connectivity index (χ1n) is 6.44. The molecule has 0 atom stereocenters. The number of hydrogen-bond acceptors (Lipinski definition) is 5.